The van der Waals surface area contributed by atoms with Crippen LogP contribution in [0, 0.1) is 12.7 Å². The van der Waals surface area contributed by atoms with Crippen molar-refractivity contribution < 1.29 is 4.39 Å². The zero-order valence-corrected chi connectivity index (χ0v) is 15.1. The normalized spacial score (nSPS) is 20.1. The van der Waals surface area contributed by atoms with Gasteiger partial charge in [-0.1, -0.05) is 11.6 Å². The van der Waals surface area contributed by atoms with Gasteiger partial charge in [0.05, 0.1) is 16.6 Å². The fourth-order valence-electron chi connectivity index (χ4n) is 3.46. The SMILES string of the molecule is Cc1c[nH]c2ncnc(N3CCC(N)(CNc4ccc(Cl)cc4F)C3)c12. The van der Waals surface area contributed by atoms with Gasteiger partial charge < -0.3 is 20.9 Å². The van der Waals surface area contributed by atoms with E-state index >= 15 is 0 Å². The van der Waals surface area contributed by atoms with E-state index in [2.05, 4.69) is 25.2 Å². The molecule has 8 heteroatoms. The van der Waals surface area contributed by atoms with Gasteiger partial charge in [-0.05, 0) is 37.1 Å². The molecule has 0 aliphatic carbocycles. The first-order valence-electron chi connectivity index (χ1n) is 8.47. The van der Waals surface area contributed by atoms with Crippen LogP contribution >= 0.6 is 11.6 Å². The van der Waals surface area contributed by atoms with Gasteiger partial charge >= 0.3 is 0 Å². The maximum Gasteiger partial charge on any atom is 0.147 e. The highest BCUT2D eigenvalue weighted by Crippen LogP contribution is 2.31. The molecule has 1 unspecified atom stereocenters. The van der Waals surface area contributed by atoms with Gasteiger partial charge in [0.1, 0.15) is 23.6 Å². The van der Waals surface area contributed by atoms with Crippen molar-refractivity contribution in [1.82, 2.24) is 15.0 Å². The number of halogens is 2. The van der Waals surface area contributed by atoms with Gasteiger partial charge in [0.25, 0.3) is 0 Å². The minimum Gasteiger partial charge on any atom is -0.381 e. The van der Waals surface area contributed by atoms with Crippen molar-refractivity contribution in [3.8, 4) is 0 Å². The average molecular weight is 375 g/mol. The Labute approximate surface area is 155 Å². The highest BCUT2D eigenvalue weighted by atomic mass is 35.5. The van der Waals surface area contributed by atoms with Crippen LogP contribution in [0.5, 0.6) is 0 Å². The van der Waals surface area contributed by atoms with Gasteiger partial charge in [-0.2, -0.15) is 0 Å². The molecule has 6 nitrogen and oxygen atoms in total. The summed E-state index contributed by atoms with van der Waals surface area (Å²) in [5.74, 6) is 0.509. The lowest BCUT2D eigenvalue weighted by atomic mass is 10.00. The van der Waals surface area contributed by atoms with Crippen LogP contribution in [0.3, 0.4) is 0 Å². The molecule has 3 aromatic rings. The number of anilines is 2. The van der Waals surface area contributed by atoms with Gasteiger partial charge in [0.15, 0.2) is 0 Å². The number of hydrogen-bond donors (Lipinski definition) is 3. The van der Waals surface area contributed by atoms with Crippen molar-refractivity contribution in [2.75, 3.05) is 29.9 Å². The van der Waals surface area contributed by atoms with E-state index < -0.39 is 5.54 Å². The number of nitrogens with one attached hydrogen (secondary N) is 2. The molecular weight excluding hydrogens is 355 g/mol. The van der Waals surface area contributed by atoms with Crippen molar-refractivity contribution in [2.24, 2.45) is 5.73 Å². The number of hydrogen-bond acceptors (Lipinski definition) is 5. The van der Waals surface area contributed by atoms with E-state index in [1.807, 2.05) is 13.1 Å². The number of nitrogens with zero attached hydrogens (tertiary/aromatic N) is 3. The summed E-state index contributed by atoms with van der Waals surface area (Å²) in [6.07, 6.45) is 4.27. The van der Waals surface area contributed by atoms with Gasteiger partial charge in [-0.15, -0.1) is 0 Å². The van der Waals surface area contributed by atoms with E-state index in [0.717, 1.165) is 35.4 Å². The molecule has 0 radical (unpaired) electrons. The summed E-state index contributed by atoms with van der Waals surface area (Å²) in [6, 6.07) is 4.58. The van der Waals surface area contributed by atoms with E-state index in [1.54, 1.807) is 18.5 Å². The van der Waals surface area contributed by atoms with Crippen molar-refractivity contribution >= 4 is 34.1 Å². The second-order valence-corrected chi connectivity index (χ2v) is 7.34. The standard InChI is InChI=1S/C18H20ClFN6/c1-11-7-22-16-15(11)17(25-10-24-16)26-5-4-18(21,9-26)8-23-14-3-2-12(19)6-13(14)20/h2-3,6-7,10,23H,4-5,8-9,21H2,1H3,(H,22,24,25). The minimum absolute atomic E-state index is 0.372. The third-order valence-electron chi connectivity index (χ3n) is 4.89. The quantitative estimate of drug-likeness (QED) is 0.653. The number of H-pyrrole nitrogens is 1. The lowest BCUT2D eigenvalue weighted by Gasteiger charge is -2.26. The molecule has 136 valence electrons. The summed E-state index contributed by atoms with van der Waals surface area (Å²) in [4.78, 5) is 14.1. The summed E-state index contributed by atoms with van der Waals surface area (Å²) < 4.78 is 14.0. The molecule has 2 aromatic heterocycles. The molecule has 1 aliphatic heterocycles. The fourth-order valence-corrected chi connectivity index (χ4v) is 3.62. The molecule has 0 spiro atoms. The van der Waals surface area contributed by atoms with Crippen LogP contribution < -0.4 is 16.0 Å². The predicted octanol–water partition coefficient (Wildman–Crippen LogP) is 3.08. The minimum atomic E-state index is -0.479. The van der Waals surface area contributed by atoms with E-state index in [9.17, 15) is 4.39 Å². The van der Waals surface area contributed by atoms with Crippen LogP contribution in [0.4, 0.5) is 15.9 Å². The molecule has 0 amide bonds. The van der Waals surface area contributed by atoms with Crippen LogP contribution in [0.15, 0.2) is 30.7 Å². The maximum atomic E-state index is 14.0. The van der Waals surface area contributed by atoms with Crippen molar-refractivity contribution in [3.63, 3.8) is 0 Å². The second kappa shape index (κ2) is 6.41. The van der Waals surface area contributed by atoms with Crippen LogP contribution in [0.2, 0.25) is 5.02 Å². The molecule has 3 heterocycles. The Morgan fingerprint density at radius 2 is 2.27 bits per heavy atom. The van der Waals surface area contributed by atoms with E-state index in [-0.39, 0.29) is 5.82 Å². The van der Waals surface area contributed by atoms with E-state index in [1.165, 1.54) is 6.07 Å². The Morgan fingerprint density at radius 3 is 3.08 bits per heavy atom. The number of aromatic amines is 1. The summed E-state index contributed by atoms with van der Waals surface area (Å²) in [6.45, 7) is 3.91. The monoisotopic (exact) mass is 374 g/mol. The van der Waals surface area contributed by atoms with Crippen LogP contribution in [0.1, 0.15) is 12.0 Å². The number of rotatable bonds is 4. The molecule has 0 bridgehead atoms. The van der Waals surface area contributed by atoms with Crippen LogP contribution in [0.25, 0.3) is 11.0 Å². The fraction of sp³-hybridized carbons (Fsp3) is 0.333. The van der Waals surface area contributed by atoms with Gasteiger partial charge in [0.2, 0.25) is 0 Å². The van der Waals surface area contributed by atoms with Crippen molar-refractivity contribution in [1.29, 1.82) is 0 Å². The number of aryl methyl sites for hydroxylation is 1. The Hall–Kier alpha value is -2.38. The Balaban J connectivity index is 1.51. The van der Waals surface area contributed by atoms with Crippen molar-refractivity contribution in [3.05, 3.63) is 47.1 Å². The Morgan fingerprint density at radius 1 is 1.42 bits per heavy atom. The highest BCUT2D eigenvalue weighted by Gasteiger charge is 2.36. The largest absolute Gasteiger partial charge is 0.381 e. The highest BCUT2D eigenvalue weighted by molar-refractivity contribution is 6.30. The van der Waals surface area contributed by atoms with Crippen LogP contribution in [-0.4, -0.2) is 40.1 Å². The van der Waals surface area contributed by atoms with Gasteiger partial charge in [0, 0.05) is 30.9 Å². The zero-order valence-electron chi connectivity index (χ0n) is 14.4. The Kier molecular flexibility index (Phi) is 4.20. The lowest BCUT2D eigenvalue weighted by molar-refractivity contribution is 0.497. The number of nitrogens with two attached hydrogens (primary N) is 1. The molecule has 4 N–H and O–H groups in total. The summed E-state index contributed by atoms with van der Waals surface area (Å²) in [5, 5.41) is 4.51. The van der Waals surface area contributed by atoms with Crippen molar-refractivity contribution in [2.45, 2.75) is 18.9 Å². The topological polar surface area (TPSA) is 82.9 Å². The third-order valence-corrected chi connectivity index (χ3v) is 5.13. The summed E-state index contributed by atoms with van der Waals surface area (Å²) >= 11 is 5.80. The second-order valence-electron chi connectivity index (χ2n) is 6.90. The zero-order chi connectivity index (χ0) is 18.3. The molecule has 1 aliphatic rings. The predicted molar refractivity (Wildman–Crippen MR) is 102 cm³/mol. The third kappa shape index (κ3) is 3.08. The number of fused-ring (bicyclic) bond motifs is 1. The molecule has 26 heavy (non-hydrogen) atoms. The molecule has 1 saturated heterocycles. The summed E-state index contributed by atoms with van der Waals surface area (Å²) in [5.41, 5.74) is 8.42. The molecular formula is C18H20ClFN6. The lowest BCUT2D eigenvalue weighted by Crippen LogP contribution is -2.48. The van der Waals surface area contributed by atoms with Crippen LogP contribution in [-0.2, 0) is 0 Å². The first kappa shape index (κ1) is 17.1. The number of aromatic nitrogens is 3. The molecule has 1 fully saturated rings. The van der Waals surface area contributed by atoms with E-state index in [0.29, 0.717) is 23.8 Å². The molecule has 0 saturated carbocycles. The van der Waals surface area contributed by atoms with E-state index in [4.69, 9.17) is 17.3 Å². The maximum absolute atomic E-state index is 14.0. The summed E-state index contributed by atoms with van der Waals surface area (Å²) in [7, 11) is 0. The smallest absolute Gasteiger partial charge is 0.147 e. The van der Waals surface area contributed by atoms with Gasteiger partial charge in [-0.25, -0.2) is 14.4 Å². The van der Waals surface area contributed by atoms with Gasteiger partial charge in [-0.3, -0.25) is 0 Å². The Bertz CT molecular complexity index is 958. The first-order chi connectivity index (χ1) is 12.5. The molecule has 4 rings (SSSR count). The average Bonchev–Trinajstić information content (AvgIpc) is 3.18. The number of benzene rings is 1. The molecule has 1 aromatic carbocycles. The first-order valence-corrected chi connectivity index (χ1v) is 8.84. The molecule has 1 atom stereocenters.